The van der Waals surface area contributed by atoms with Crippen LogP contribution in [0.5, 0.6) is 0 Å². The fraction of sp³-hybridized carbons (Fsp3) is 0.0769. The maximum absolute atomic E-state index is 11.7. The van der Waals surface area contributed by atoms with Crippen molar-refractivity contribution in [3.63, 3.8) is 0 Å². The Balaban J connectivity index is 2.35. The number of methoxy groups -OCH3 is 1. The van der Waals surface area contributed by atoms with Crippen LogP contribution in [0.4, 0.5) is 5.69 Å². The largest absolute Gasteiger partial charge is 0.465 e. The Kier molecular flexibility index (Phi) is 3.84. The van der Waals surface area contributed by atoms with Crippen LogP contribution in [-0.4, -0.2) is 18.1 Å². The van der Waals surface area contributed by atoms with E-state index < -0.39 is 5.97 Å². The Morgan fingerprint density at radius 3 is 2.83 bits per heavy atom. The van der Waals surface area contributed by atoms with E-state index in [2.05, 4.69) is 4.98 Å². The topological polar surface area (TPSA) is 65.2 Å². The number of nitrogen functional groups attached to an aromatic ring is 1. The molecule has 1 heterocycles. The van der Waals surface area contributed by atoms with Gasteiger partial charge in [0.25, 0.3) is 0 Å². The maximum Gasteiger partial charge on any atom is 0.339 e. The molecule has 2 rings (SSSR count). The first-order valence-electron chi connectivity index (χ1n) is 5.27. The van der Waals surface area contributed by atoms with Gasteiger partial charge in [-0.15, -0.1) is 0 Å². The van der Waals surface area contributed by atoms with Crippen LogP contribution in [0.15, 0.2) is 52.5 Å². The number of carbonyl (C=O) groups is 1. The van der Waals surface area contributed by atoms with Gasteiger partial charge < -0.3 is 10.5 Å². The van der Waals surface area contributed by atoms with E-state index in [-0.39, 0.29) is 0 Å². The molecule has 92 valence electrons. The third-order valence-corrected chi connectivity index (χ3v) is 3.29. The highest BCUT2D eigenvalue weighted by molar-refractivity contribution is 7.99. The lowest BCUT2D eigenvalue weighted by Crippen LogP contribution is -2.04. The molecule has 0 unspecified atom stereocenters. The van der Waals surface area contributed by atoms with Gasteiger partial charge in [-0.2, -0.15) is 0 Å². The molecule has 2 aromatic rings. The minimum absolute atomic E-state index is 0.402. The highest BCUT2D eigenvalue weighted by atomic mass is 32.2. The fourth-order valence-electron chi connectivity index (χ4n) is 1.43. The summed E-state index contributed by atoms with van der Waals surface area (Å²) in [4.78, 5) is 16.6. The Labute approximate surface area is 109 Å². The minimum Gasteiger partial charge on any atom is -0.465 e. The van der Waals surface area contributed by atoms with Crippen LogP contribution >= 0.6 is 11.8 Å². The van der Waals surface area contributed by atoms with Gasteiger partial charge in [-0.25, -0.2) is 9.78 Å². The number of nitrogens with two attached hydrogens (primary N) is 1. The smallest absolute Gasteiger partial charge is 0.339 e. The molecule has 0 fully saturated rings. The Morgan fingerprint density at radius 1 is 1.33 bits per heavy atom. The van der Waals surface area contributed by atoms with Crippen LogP contribution in [0.3, 0.4) is 0 Å². The number of aromatic nitrogens is 1. The van der Waals surface area contributed by atoms with Gasteiger partial charge in [0.1, 0.15) is 5.03 Å². The number of ether oxygens (including phenoxy) is 1. The summed E-state index contributed by atoms with van der Waals surface area (Å²) in [6.45, 7) is 0. The van der Waals surface area contributed by atoms with Crippen molar-refractivity contribution in [3.05, 3.63) is 48.2 Å². The first-order valence-corrected chi connectivity index (χ1v) is 6.09. The molecule has 1 aromatic carbocycles. The molecule has 0 bridgehead atoms. The zero-order valence-corrected chi connectivity index (χ0v) is 10.6. The molecule has 18 heavy (non-hydrogen) atoms. The number of rotatable bonds is 3. The molecule has 4 nitrogen and oxygen atoms in total. The first kappa shape index (κ1) is 12.4. The fourth-order valence-corrected chi connectivity index (χ4v) is 2.30. The van der Waals surface area contributed by atoms with E-state index in [1.54, 1.807) is 24.4 Å². The van der Waals surface area contributed by atoms with Crippen molar-refractivity contribution in [2.75, 3.05) is 12.8 Å². The predicted molar refractivity (Wildman–Crippen MR) is 70.6 cm³/mol. The number of anilines is 1. The van der Waals surface area contributed by atoms with E-state index in [0.717, 1.165) is 9.92 Å². The average molecular weight is 260 g/mol. The van der Waals surface area contributed by atoms with Gasteiger partial charge in [0, 0.05) is 16.8 Å². The first-order chi connectivity index (χ1) is 8.70. The number of carbonyl (C=O) groups excluding carboxylic acids is 1. The molecule has 0 atom stereocenters. The molecule has 0 radical (unpaired) electrons. The van der Waals surface area contributed by atoms with Crippen molar-refractivity contribution >= 4 is 23.4 Å². The van der Waals surface area contributed by atoms with Crippen molar-refractivity contribution in [1.29, 1.82) is 0 Å². The van der Waals surface area contributed by atoms with Gasteiger partial charge in [-0.05, 0) is 30.3 Å². The zero-order valence-electron chi connectivity index (χ0n) is 9.79. The summed E-state index contributed by atoms with van der Waals surface area (Å²) >= 11 is 1.40. The van der Waals surface area contributed by atoms with E-state index in [1.807, 2.05) is 18.2 Å². The minimum atomic E-state index is -0.402. The number of pyridine rings is 1. The summed E-state index contributed by atoms with van der Waals surface area (Å²) in [6, 6.07) is 10.8. The second-order valence-corrected chi connectivity index (χ2v) is 4.58. The van der Waals surface area contributed by atoms with Crippen molar-refractivity contribution in [3.8, 4) is 0 Å². The summed E-state index contributed by atoms with van der Waals surface area (Å²) < 4.78 is 4.74. The van der Waals surface area contributed by atoms with Crippen LogP contribution in [0.2, 0.25) is 0 Å². The molecule has 0 aliphatic rings. The second kappa shape index (κ2) is 5.55. The molecular weight excluding hydrogens is 248 g/mol. The maximum atomic E-state index is 11.7. The quantitative estimate of drug-likeness (QED) is 0.678. The highest BCUT2D eigenvalue weighted by Gasteiger charge is 2.13. The zero-order chi connectivity index (χ0) is 13.0. The lowest BCUT2D eigenvalue weighted by atomic mass is 10.2. The van der Waals surface area contributed by atoms with Gasteiger partial charge in [-0.3, -0.25) is 0 Å². The third-order valence-electron chi connectivity index (χ3n) is 2.26. The average Bonchev–Trinajstić information content (AvgIpc) is 2.41. The SMILES string of the molecule is COC(=O)c1cc(N)ccc1Sc1ccccn1. The Morgan fingerprint density at radius 2 is 2.17 bits per heavy atom. The van der Waals surface area contributed by atoms with Crippen LogP contribution in [-0.2, 0) is 4.74 Å². The van der Waals surface area contributed by atoms with E-state index in [9.17, 15) is 4.79 Å². The number of nitrogens with zero attached hydrogens (tertiary/aromatic N) is 1. The van der Waals surface area contributed by atoms with Crippen molar-refractivity contribution in [1.82, 2.24) is 4.98 Å². The molecule has 2 N–H and O–H groups in total. The van der Waals surface area contributed by atoms with E-state index >= 15 is 0 Å². The monoisotopic (exact) mass is 260 g/mol. The number of hydrogen-bond donors (Lipinski definition) is 1. The van der Waals surface area contributed by atoms with E-state index in [1.165, 1.54) is 18.9 Å². The molecule has 0 aliphatic carbocycles. The van der Waals surface area contributed by atoms with Crippen LogP contribution in [0, 0.1) is 0 Å². The molecule has 1 aromatic heterocycles. The standard InChI is InChI=1S/C13H12N2O2S/c1-17-13(16)10-8-9(14)5-6-11(10)18-12-4-2-3-7-15-12/h2-8H,14H2,1H3. The van der Waals surface area contributed by atoms with Gasteiger partial charge in [0.05, 0.1) is 12.7 Å². The third kappa shape index (κ3) is 2.81. The molecule has 0 aliphatic heterocycles. The lowest BCUT2D eigenvalue weighted by Gasteiger charge is -2.07. The normalized spacial score (nSPS) is 10.1. The lowest BCUT2D eigenvalue weighted by molar-refractivity contribution is 0.0597. The van der Waals surface area contributed by atoms with Gasteiger partial charge in [0.15, 0.2) is 0 Å². The van der Waals surface area contributed by atoms with Crippen LogP contribution in [0.25, 0.3) is 0 Å². The molecule has 0 spiro atoms. The van der Waals surface area contributed by atoms with Gasteiger partial charge in [0.2, 0.25) is 0 Å². The Hall–Kier alpha value is -2.01. The number of hydrogen-bond acceptors (Lipinski definition) is 5. The van der Waals surface area contributed by atoms with Crippen molar-refractivity contribution in [2.45, 2.75) is 9.92 Å². The van der Waals surface area contributed by atoms with Gasteiger partial charge >= 0.3 is 5.97 Å². The summed E-state index contributed by atoms with van der Waals surface area (Å²) in [5.74, 6) is -0.402. The predicted octanol–water partition coefficient (Wildman–Crippen LogP) is 2.60. The molecule has 0 amide bonds. The van der Waals surface area contributed by atoms with Crippen molar-refractivity contribution < 1.29 is 9.53 Å². The highest BCUT2D eigenvalue weighted by Crippen LogP contribution is 2.30. The number of esters is 1. The molecular formula is C13H12N2O2S. The van der Waals surface area contributed by atoms with Crippen LogP contribution in [0.1, 0.15) is 10.4 Å². The van der Waals surface area contributed by atoms with E-state index in [4.69, 9.17) is 10.5 Å². The van der Waals surface area contributed by atoms with E-state index in [0.29, 0.717) is 11.3 Å². The summed E-state index contributed by atoms with van der Waals surface area (Å²) in [6.07, 6.45) is 1.71. The molecule has 0 saturated heterocycles. The summed E-state index contributed by atoms with van der Waals surface area (Å²) in [5, 5.41) is 0.812. The summed E-state index contributed by atoms with van der Waals surface area (Å²) in [7, 11) is 1.35. The van der Waals surface area contributed by atoms with Crippen LogP contribution < -0.4 is 5.73 Å². The molecule has 0 saturated carbocycles. The second-order valence-electron chi connectivity index (χ2n) is 3.52. The Bertz CT molecular complexity index is 558. The van der Waals surface area contributed by atoms with Crippen molar-refractivity contribution in [2.24, 2.45) is 0 Å². The van der Waals surface area contributed by atoms with Gasteiger partial charge in [-0.1, -0.05) is 17.8 Å². The number of benzene rings is 1. The summed E-state index contributed by atoms with van der Waals surface area (Å²) in [5.41, 5.74) is 6.66. The molecule has 5 heteroatoms.